The molecule has 0 bridgehead atoms. The van der Waals surface area contributed by atoms with Gasteiger partial charge in [0.05, 0.1) is 6.04 Å². The minimum Gasteiger partial charge on any atom is -0.352 e. The summed E-state index contributed by atoms with van der Waals surface area (Å²) in [6.45, 7) is 1.62. The summed E-state index contributed by atoms with van der Waals surface area (Å²) in [4.78, 5) is 25.9. The van der Waals surface area contributed by atoms with Crippen LogP contribution in [0.15, 0.2) is 0 Å². The van der Waals surface area contributed by atoms with E-state index in [0.717, 1.165) is 0 Å². The van der Waals surface area contributed by atoms with Crippen molar-refractivity contribution in [3.05, 3.63) is 10.1 Å². The van der Waals surface area contributed by atoms with Crippen molar-refractivity contribution >= 4 is 5.91 Å². The van der Waals surface area contributed by atoms with E-state index in [4.69, 9.17) is 5.73 Å². The van der Waals surface area contributed by atoms with E-state index in [1.54, 1.807) is 6.92 Å². The minimum absolute atomic E-state index is 0.0603. The molecule has 0 aliphatic heterocycles. The molecule has 1 saturated carbocycles. The number of nitrogens with zero attached hydrogens (tertiary/aromatic N) is 1. The molecule has 1 rings (SSSR count). The van der Waals surface area contributed by atoms with E-state index in [1.807, 2.05) is 0 Å². The maximum absolute atomic E-state index is 11.3. The molecule has 0 heterocycles. The Morgan fingerprint density at radius 1 is 1.50 bits per heavy atom. The first-order valence-electron chi connectivity index (χ1n) is 5.36. The summed E-state index contributed by atoms with van der Waals surface area (Å²) in [5.41, 5.74) is 5.42. The molecule has 1 unspecified atom stereocenters. The van der Waals surface area contributed by atoms with Gasteiger partial charge in [0.2, 0.25) is 5.91 Å². The van der Waals surface area contributed by atoms with Gasteiger partial charge in [0, 0.05) is 6.04 Å². The molecule has 16 heavy (non-hydrogen) atoms. The molecular formula is C9H17N3O4. The van der Waals surface area contributed by atoms with Crippen LogP contribution in [0.3, 0.4) is 0 Å². The highest BCUT2D eigenvalue weighted by atomic mass is 17.0. The van der Waals surface area contributed by atoms with Crippen LogP contribution in [0.5, 0.6) is 0 Å². The van der Waals surface area contributed by atoms with Gasteiger partial charge in [-0.15, -0.1) is 10.1 Å². The molecule has 1 atom stereocenters. The van der Waals surface area contributed by atoms with Gasteiger partial charge in [-0.2, -0.15) is 0 Å². The molecule has 1 aliphatic rings. The third kappa shape index (κ3) is 4.01. The van der Waals surface area contributed by atoms with Gasteiger partial charge in [0.15, 0.2) is 0 Å². The van der Waals surface area contributed by atoms with E-state index >= 15 is 0 Å². The van der Waals surface area contributed by atoms with Crippen LogP contribution in [0.2, 0.25) is 0 Å². The third-order valence-corrected chi connectivity index (χ3v) is 2.67. The number of carbonyl (C=O) groups is 1. The minimum atomic E-state index is -0.758. The molecule has 0 spiro atoms. The van der Waals surface area contributed by atoms with Crippen molar-refractivity contribution in [2.24, 2.45) is 5.73 Å². The number of hydrogen-bond donors (Lipinski definition) is 2. The van der Waals surface area contributed by atoms with E-state index < -0.39 is 11.1 Å². The monoisotopic (exact) mass is 231 g/mol. The SMILES string of the molecule is CC(N)C(=O)N[C@H]1CC[C@H](O[N+](=O)[O-])CC1. The highest BCUT2D eigenvalue weighted by molar-refractivity contribution is 5.81. The molecule has 0 aromatic rings. The number of rotatable bonds is 4. The average Bonchev–Trinajstić information content (AvgIpc) is 2.20. The van der Waals surface area contributed by atoms with Gasteiger partial charge < -0.3 is 15.9 Å². The largest absolute Gasteiger partial charge is 0.352 e. The molecule has 92 valence electrons. The van der Waals surface area contributed by atoms with E-state index in [1.165, 1.54) is 0 Å². The first-order chi connectivity index (χ1) is 7.49. The number of amides is 1. The standard InChI is InChI=1S/C9H17N3O4/c1-6(10)9(13)11-7-2-4-8(5-3-7)16-12(14)15/h6-8H,2-5,10H2,1H3,(H,11,13)/t6?,7-,8-. The topological polar surface area (TPSA) is 107 Å². The van der Waals surface area contributed by atoms with Gasteiger partial charge in [-0.3, -0.25) is 4.79 Å². The summed E-state index contributed by atoms with van der Waals surface area (Å²) in [6, 6.07) is -0.460. The van der Waals surface area contributed by atoms with Gasteiger partial charge in [0.25, 0.3) is 5.09 Å². The normalized spacial score (nSPS) is 26.9. The maximum Gasteiger partial charge on any atom is 0.294 e. The summed E-state index contributed by atoms with van der Waals surface area (Å²) in [5, 5.41) is 12.2. The van der Waals surface area contributed by atoms with Gasteiger partial charge in [-0.25, -0.2) is 0 Å². The molecule has 0 aromatic heterocycles. The second-order valence-corrected chi connectivity index (χ2v) is 4.10. The van der Waals surface area contributed by atoms with Gasteiger partial charge >= 0.3 is 0 Å². The lowest BCUT2D eigenvalue weighted by Gasteiger charge is -2.28. The highest BCUT2D eigenvalue weighted by Crippen LogP contribution is 2.21. The summed E-state index contributed by atoms with van der Waals surface area (Å²) < 4.78 is 0. The van der Waals surface area contributed by atoms with E-state index in [-0.39, 0.29) is 18.1 Å². The van der Waals surface area contributed by atoms with Crippen LogP contribution < -0.4 is 11.1 Å². The highest BCUT2D eigenvalue weighted by Gasteiger charge is 2.25. The Kier molecular flexibility index (Phi) is 4.48. The fourth-order valence-electron chi connectivity index (χ4n) is 1.77. The lowest BCUT2D eigenvalue weighted by atomic mass is 9.93. The Bertz CT molecular complexity index is 261. The lowest BCUT2D eigenvalue weighted by molar-refractivity contribution is -0.769. The zero-order chi connectivity index (χ0) is 12.1. The number of nitrogens with two attached hydrogens (primary N) is 1. The molecule has 1 aliphatic carbocycles. The molecule has 7 nitrogen and oxygen atoms in total. The van der Waals surface area contributed by atoms with Crippen LogP contribution in [0.1, 0.15) is 32.6 Å². The number of nitrogens with one attached hydrogen (secondary N) is 1. The van der Waals surface area contributed by atoms with Crippen LogP contribution >= 0.6 is 0 Å². The van der Waals surface area contributed by atoms with Crippen molar-refractivity contribution < 1.29 is 14.7 Å². The van der Waals surface area contributed by atoms with Crippen LogP contribution in [0.4, 0.5) is 0 Å². The number of hydrogen-bond acceptors (Lipinski definition) is 5. The van der Waals surface area contributed by atoms with Crippen LogP contribution in [0, 0.1) is 10.1 Å². The van der Waals surface area contributed by atoms with Crippen molar-refractivity contribution in [1.82, 2.24) is 5.32 Å². The smallest absolute Gasteiger partial charge is 0.294 e. The maximum atomic E-state index is 11.3. The van der Waals surface area contributed by atoms with Crippen molar-refractivity contribution in [2.75, 3.05) is 0 Å². The summed E-state index contributed by atoms with van der Waals surface area (Å²) in [7, 11) is 0. The molecule has 1 amide bonds. The van der Waals surface area contributed by atoms with Crippen molar-refractivity contribution in [3.8, 4) is 0 Å². The molecule has 0 aromatic carbocycles. The quantitative estimate of drug-likeness (QED) is 0.521. The summed E-state index contributed by atoms with van der Waals surface area (Å²) >= 11 is 0. The Morgan fingerprint density at radius 2 is 2.06 bits per heavy atom. The molecule has 0 saturated heterocycles. The van der Waals surface area contributed by atoms with E-state index in [2.05, 4.69) is 10.2 Å². The van der Waals surface area contributed by atoms with Crippen LogP contribution in [-0.4, -0.2) is 29.2 Å². The summed E-state index contributed by atoms with van der Waals surface area (Å²) in [6.07, 6.45) is 2.22. The van der Waals surface area contributed by atoms with E-state index in [9.17, 15) is 14.9 Å². The molecule has 0 radical (unpaired) electrons. The van der Waals surface area contributed by atoms with Gasteiger partial charge in [0.1, 0.15) is 6.10 Å². The van der Waals surface area contributed by atoms with Crippen LogP contribution in [-0.2, 0) is 9.63 Å². The predicted octanol–water partition coefficient (Wildman–Crippen LogP) is -0.0307. The van der Waals surface area contributed by atoms with Crippen molar-refractivity contribution in [3.63, 3.8) is 0 Å². The Hall–Kier alpha value is -1.37. The molecule has 3 N–H and O–H groups in total. The average molecular weight is 231 g/mol. The predicted molar refractivity (Wildman–Crippen MR) is 55.9 cm³/mol. The van der Waals surface area contributed by atoms with Crippen molar-refractivity contribution in [2.45, 2.75) is 50.8 Å². The first-order valence-corrected chi connectivity index (χ1v) is 5.36. The lowest BCUT2D eigenvalue weighted by Crippen LogP contribution is -2.45. The third-order valence-electron chi connectivity index (χ3n) is 2.67. The Labute approximate surface area is 93.4 Å². The van der Waals surface area contributed by atoms with Gasteiger partial charge in [-0.05, 0) is 32.6 Å². The fraction of sp³-hybridized carbons (Fsp3) is 0.889. The second kappa shape index (κ2) is 5.64. The molecule has 1 fully saturated rings. The fourth-order valence-corrected chi connectivity index (χ4v) is 1.77. The van der Waals surface area contributed by atoms with Crippen molar-refractivity contribution in [1.29, 1.82) is 0 Å². The van der Waals surface area contributed by atoms with Gasteiger partial charge in [-0.1, -0.05) is 0 Å². The Balaban J connectivity index is 2.27. The van der Waals surface area contributed by atoms with E-state index in [0.29, 0.717) is 25.7 Å². The number of carbonyl (C=O) groups excluding carboxylic acids is 1. The second-order valence-electron chi connectivity index (χ2n) is 4.10. The Morgan fingerprint density at radius 3 is 2.50 bits per heavy atom. The zero-order valence-corrected chi connectivity index (χ0v) is 9.22. The zero-order valence-electron chi connectivity index (χ0n) is 9.22. The van der Waals surface area contributed by atoms with Crippen LogP contribution in [0.25, 0.3) is 0 Å². The molecular weight excluding hydrogens is 214 g/mol. The first kappa shape index (κ1) is 12.7. The summed E-state index contributed by atoms with van der Waals surface area (Å²) in [5.74, 6) is -0.182. The molecule has 7 heteroatoms.